The molecule has 0 saturated heterocycles. The first-order chi connectivity index (χ1) is 8.49. The number of rotatable bonds is 4. The average molecular weight is 254 g/mol. The summed E-state index contributed by atoms with van der Waals surface area (Å²) in [6, 6.07) is 3.43. The van der Waals surface area contributed by atoms with Crippen LogP contribution in [0.4, 0.5) is 10.1 Å². The van der Waals surface area contributed by atoms with Crippen molar-refractivity contribution in [2.75, 3.05) is 19.5 Å². The fourth-order valence-electron chi connectivity index (χ4n) is 1.41. The number of halogens is 1. The van der Waals surface area contributed by atoms with Crippen molar-refractivity contribution in [3.63, 3.8) is 0 Å². The summed E-state index contributed by atoms with van der Waals surface area (Å²) in [5.74, 6) is -1.61. The van der Waals surface area contributed by atoms with Crippen LogP contribution in [0.5, 0.6) is 0 Å². The molecule has 2 N–H and O–H groups in total. The molecule has 1 rings (SSSR count). The zero-order chi connectivity index (χ0) is 13.7. The van der Waals surface area contributed by atoms with Crippen molar-refractivity contribution in [3.8, 4) is 0 Å². The molecule has 0 aliphatic carbocycles. The Morgan fingerprint density at radius 2 is 2.06 bits per heavy atom. The predicted molar refractivity (Wildman–Crippen MR) is 64.9 cm³/mol. The Labute approximate surface area is 104 Å². The van der Waals surface area contributed by atoms with Crippen molar-refractivity contribution in [3.05, 3.63) is 29.6 Å². The predicted octanol–water partition coefficient (Wildman–Crippen LogP) is 1.16. The summed E-state index contributed by atoms with van der Waals surface area (Å²) < 4.78 is 18.1. The number of hydrogen-bond acceptors (Lipinski definition) is 4. The lowest BCUT2D eigenvalue weighted by atomic mass is 10.1. The first-order valence-electron chi connectivity index (χ1n) is 5.35. The van der Waals surface area contributed by atoms with Gasteiger partial charge in [0.15, 0.2) is 0 Å². The molecule has 18 heavy (non-hydrogen) atoms. The Hall–Kier alpha value is -2.11. The van der Waals surface area contributed by atoms with Gasteiger partial charge in [0, 0.05) is 12.7 Å². The maximum Gasteiger partial charge on any atom is 0.327 e. The Bertz CT molecular complexity index is 463. The number of methoxy groups -OCH3 is 1. The SMILES string of the molecule is CNC(=O)c1ccc(NC(C)C(=O)OC)cc1F. The van der Waals surface area contributed by atoms with Gasteiger partial charge in [-0.25, -0.2) is 9.18 Å². The van der Waals surface area contributed by atoms with E-state index in [1.54, 1.807) is 6.92 Å². The standard InChI is InChI=1S/C12H15FN2O3/c1-7(12(17)18-3)15-8-4-5-9(10(13)6-8)11(16)14-2/h4-7,15H,1-3H3,(H,14,16). The van der Waals surface area contributed by atoms with Gasteiger partial charge in [-0.1, -0.05) is 0 Å². The fraction of sp³-hybridized carbons (Fsp3) is 0.333. The van der Waals surface area contributed by atoms with E-state index in [-0.39, 0.29) is 5.56 Å². The van der Waals surface area contributed by atoms with Crippen molar-refractivity contribution >= 4 is 17.6 Å². The van der Waals surface area contributed by atoms with Gasteiger partial charge in [0.25, 0.3) is 5.91 Å². The quantitative estimate of drug-likeness (QED) is 0.791. The molecule has 1 atom stereocenters. The third-order valence-electron chi connectivity index (χ3n) is 2.38. The second-order valence-electron chi connectivity index (χ2n) is 3.66. The number of hydrogen-bond donors (Lipinski definition) is 2. The van der Waals surface area contributed by atoms with Gasteiger partial charge in [-0.05, 0) is 25.1 Å². The zero-order valence-corrected chi connectivity index (χ0v) is 10.4. The van der Waals surface area contributed by atoms with Gasteiger partial charge >= 0.3 is 5.97 Å². The van der Waals surface area contributed by atoms with Gasteiger partial charge in [0.2, 0.25) is 0 Å². The molecule has 0 heterocycles. The van der Waals surface area contributed by atoms with Crippen molar-refractivity contribution in [2.24, 2.45) is 0 Å². The highest BCUT2D eigenvalue weighted by atomic mass is 19.1. The highest BCUT2D eigenvalue weighted by Gasteiger charge is 2.15. The normalized spacial score (nSPS) is 11.6. The van der Waals surface area contributed by atoms with E-state index >= 15 is 0 Å². The Kier molecular flexibility index (Phi) is 4.65. The molecule has 1 aromatic rings. The molecule has 0 aromatic heterocycles. The van der Waals surface area contributed by atoms with Crippen LogP contribution in [-0.4, -0.2) is 32.1 Å². The topological polar surface area (TPSA) is 67.4 Å². The summed E-state index contributed by atoms with van der Waals surface area (Å²) >= 11 is 0. The number of ether oxygens (including phenoxy) is 1. The van der Waals surface area contributed by atoms with Crippen LogP contribution in [0.1, 0.15) is 17.3 Å². The number of esters is 1. The number of anilines is 1. The van der Waals surface area contributed by atoms with Gasteiger partial charge in [0.05, 0.1) is 12.7 Å². The molecule has 1 unspecified atom stereocenters. The highest BCUT2D eigenvalue weighted by Crippen LogP contribution is 2.15. The first kappa shape index (κ1) is 14.0. The van der Waals surface area contributed by atoms with Gasteiger partial charge in [0.1, 0.15) is 11.9 Å². The maximum atomic E-state index is 13.6. The minimum Gasteiger partial charge on any atom is -0.467 e. The van der Waals surface area contributed by atoms with Gasteiger partial charge in [-0.3, -0.25) is 4.79 Å². The smallest absolute Gasteiger partial charge is 0.327 e. The van der Waals surface area contributed by atoms with Crippen LogP contribution in [-0.2, 0) is 9.53 Å². The number of carbonyl (C=O) groups is 2. The molecule has 0 bridgehead atoms. The molecule has 1 aromatic carbocycles. The molecule has 1 amide bonds. The Morgan fingerprint density at radius 1 is 1.39 bits per heavy atom. The fourth-order valence-corrected chi connectivity index (χ4v) is 1.41. The lowest BCUT2D eigenvalue weighted by Crippen LogP contribution is -2.27. The third kappa shape index (κ3) is 3.19. The minimum absolute atomic E-state index is 0.0474. The summed E-state index contributed by atoms with van der Waals surface area (Å²) in [5.41, 5.74) is 0.354. The second kappa shape index (κ2) is 6.00. The van der Waals surface area contributed by atoms with Gasteiger partial charge in [-0.15, -0.1) is 0 Å². The summed E-state index contributed by atoms with van der Waals surface area (Å²) in [6.45, 7) is 1.59. The van der Waals surface area contributed by atoms with E-state index in [1.807, 2.05) is 0 Å². The summed E-state index contributed by atoms with van der Waals surface area (Å²) in [4.78, 5) is 22.5. The van der Waals surface area contributed by atoms with Gasteiger partial charge in [-0.2, -0.15) is 0 Å². The van der Waals surface area contributed by atoms with E-state index in [9.17, 15) is 14.0 Å². The van der Waals surface area contributed by atoms with Gasteiger partial charge < -0.3 is 15.4 Å². The van der Waals surface area contributed by atoms with Crippen LogP contribution >= 0.6 is 0 Å². The second-order valence-corrected chi connectivity index (χ2v) is 3.66. The van der Waals surface area contributed by atoms with Crippen LogP contribution in [0, 0.1) is 5.82 Å². The zero-order valence-electron chi connectivity index (χ0n) is 10.4. The Balaban J connectivity index is 2.85. The van der Waals surface area contributed by atoms with Crippen molar-refractivity contribution in [1.82, 2.24) is 5.32 Å². The number of amides is 1. The lowest BCUT2D eigenvalue weighted by Gasteiger charge is -2.13. The number of nitrogens with one attached hydrogen (secondary N) is 2. The van der Waals surface area contributed by atoms with E-state index in [4.69, 9.17) is 0 Å². The third-order valence-corrected chi connectivity index (χ3v) is 2.38. The number of benzene rings is 1. The summed E-state index contributed by atoms with van der Waals surface area (Å²) in [5, 5.41) is 5.11. The Morgan fingerprint density at radius 3 is 2.56 bits per heavy atom. The van der Waals surface area contributed by atoms with Crippen molar-refractivity contribution in [2.45, 2.75) is 13.0 Å². The van der Waals surface area contributed by atoms with E-state index in [0.717, 1.165) is 6.07 Å². The monoisotopic (exact) mass is 254 g/mol. The molecule has 0 radical (unpaired) electrons. The summed E-state index contributed by atoms with van der Waals surface area (Å²) in [7, 11) is 2.70. The first-order valence-corrected chi connectivity index (χ1v) is 5.35. The lowest BCUT2D eigenvalue weighted by molar-refractivity contribution is -0.141. The maximum absolute atomic E-state index is 13.6. The molecule has 0 saturated carbocycles. The van der Waals surface area contributed by atoms with Crippen LogP contribution in [0.25, 0.3) is 0 Å². The minimum atomic E-state index is -0.656. The van der Waals surface area contributed by atoms with E-state index in [1.165, 1.54) is 26.3 Å². The molecule has 6 heteroatoms. The van der Waals surface area contributed by atoms with E-state index in [2.05, 4.69) is 15.4 Å². The molecular formula is C12H15FN2O3. The van der Waals surface area contributed by atoms with E-state index in [0.29, 0.717) is 5.69 Å². The molecule has 98 valence electrons. The molecule has 0 aliphatic heterocycles. The van der Waals surface area contributed by atoms with Crippen LogP contribution < -0.4 is 10.6 Å². The van der Waals surface area contributed by atoms with Crippen LogP contribution in [0.2, 0.25) is 0 Å². The van der Waals surface area contributed by atoms with Crippen LogP contribution in [0.3, 0.4) is 0 Å². The number of carbonyl (C=O) groups excluding carboxylic acids is 2. The van der Waals surface area contributed by atoms with E-state index < -0.39 is 23.7 Å². The average Bonchev–Trinajstić information content (AvgIpc) is 2.37. The summed E-state index contributed by atoms with van der Waals surface area (Å²) in [6.07, 6.45) is 0. The van der Waals surface area contributed by atoms with Crippen LogP contribution in [0.15, 0.2) is 18.2 Å². The molecule has 0 aliphatic rings. The van der Waals surface area contributed by atoms with Crippen molar-refractivity contribution < 1.29 is 18.7 Å². The largest absolute Gasteiger partial charge is 0.467 e. The van der Waals surface area contributed by atoms with Crippen molar-refractivity contribution in [1.29, 1.82) is 0 Å². The highest BCUT2D eigenvalue weighted by molar-refractivity contribution is 5.94. The molecule has 5 nitrogen and oxygen atoms in total. The molecule has 0 fully saturated rings. The molecule has 0 spiro atoms. The molecular weight excluding hydrogens is 239 g/mol.